The largest absolute Gasteiger partial charge is 0.507 e. The predicted octanol–water partition coefficient (Wildman–Crippen LogP) is 6.56. The molecule has 0 saturated carbocycles. The zero-order valence-electron chi connectivity index (χ0n) is 18.6. The number of ketones is 1. The maximum absolute atomic E-state index is 13.4. The highest BCUT2D eigenvalue weighted by Gasteiger charge is 2.48. The SMILES string of the molecule is CCc1ccc2nc(N3C(=O)C(=O)/C(=C(/O)c4ccc(Br)cc4)C3c3cccc(C)c3)sc2c1. The van der Waals surface area contributed by atoms with Gasteiger partial charge in [0.1, 0.15) is 5.76 Å². The molecule has 0 radical (unpaired) electrons. The number of rotatable bonds is 4. The maximum atomic E-state index is 13.4. The number of halogens is 1. The van der Waals surface area contributed by atoms with Crippen molar-refractivity contribution in [3.63, 3.8) is 0 Å². The molecule has 0 spiro atoms. The van der Waals surface area contributed by atoms with E-state index in [2.05, 4.69) is 28.9 Å². The second-order valence-electron chi connectivity index (χ2n) is 8.24. The first-order valence-electron chi connectivity index (χ1n) is 10.9. The average molecular weight is 533 g/mol. The number of fused-ring (bicyclic) bond motifs is 1. The molecule has 1 saturated heterocycles. The molecule has 1 N–H and O–H groups in total. The highest BCUT2D eigenvalue weighted by molar-refractivity contribution is 9.10. The number of carbonyl (C=O) groups excluding carboxylic acids is 2. The number of aryl methyl sites for hydroxylation is 2. The molecule has 1 fully saturated rings. The normalized spacial score (nSPS) is 17.6. The monoisotopic (exact) mass is 532 g/mol. The number of aliphatic hydroxyl groups excluding tert-OH is 1. The molecule has 5 nitrogen and oxygen atoms in total. The summed E-state index contributed by atoms with van der Waals surface area (Å²) in [6, 6.07) is 19.9. The quantitative estimate of drug-likeness (QED) is 0.183. The number of Topliss-reactive ketones (excluding diaryl/α,β-unsaturated/α-hetero) is 1. The van der Waals surface area contributed by atoms with E-state index in [0.29, 0.717) is 10.7 Å². The van der Waals surface area contributed by atoms with Crippen LogP contribution in [0.1, 0.15) is 35.2 Å². The second-order valence-corrected chi connectivity index (χ2v) is 10.2. The van der Waals surface area contributed by atoms with Gasteiger partial charge in [0.15, 0.2) is 5.13 Å². The molecule has 1 aromatic heterocycles. The lowest BCUT2D eigenvalue weighted by Gasteiger charge is -2.23. The fourth-order valence-electron chi connectivity index (χ4n) is 4.23. The summed E-state index contributed by atoms with van der Waals surface area (Å²) in [6.07, 6.45) is 0.893. The van der Waals surface area contributed by atoms with Gasteiger partial charge in [-0.05, 0) is 48.7 Å². The molecule has 7 heteroatoms. The van der Waals surface area contributed by atoms with Gasteiger partial charge in [0.05, 0.1) is 21.8 Å². The van der Waals surface area contributed by atoms with Crippen molar-refractivity contribution in [3.8, 4) is 0 Å². The summed E-state index contributed by atoms with van der Waals surface area (Å²) in [6.45, 7) is 4.04. The number of anilines is 1. The van der Waals surface area contributed by atoms with Crippen molar-refractivity contribution in [3.05, 3.63) is 99.0 Å². The van der Waals surface area contributed by atoms with Gasteiger partial charge in [0.25, 0.3) is 5.78 Å². The molecule has 0 bridgehead atoms. The first-order chi connectivity index (χ1) is 16.4. The van der Waals surface area contributed by atoms with Crippen LogP contribution < -0.4 is 4.90 Å². The lowest BCUT2D eigenvalue weighted by atomic mass is 9.94. The third kappa shape index (κ3) is 3.85. The number of aromatic nitrogens is 1. The van der Waals surface area contributed by atoms with Crippen molar-refractivity contribution in [1.82, 2.24) is 4.98 Å². The molecular formula is C27H21BrN2O3S. The summed E-state index contributed by atoms with van der Waals surface area (Å²) in [4.78, 5) is 32.8. The van der Waals surface area contributed by atoms with Crippen molar-refractivity contribution in [2.24, 2.45) is 0 Å². The predicted molar refractivity (Wildman–Crippen MR) is 139 cm³/mol. The van der Waals surface area contributed by atoms with E-state index >= 15 is 0 Å². The Bertz CT molecular complexity index is 1470. The number of thiazole rings is 1. The highest BCUT2D eigenvalue weighted by Crippen LogP contribution is 2.44. The standard InChI is InChI=1S/C27H21BrN2O3S/c1-3-16-7-12-20-21(14-16)34-27(29-20)30-23(18-6-4-5-15(2)13-18)22(25(32)26(30)33)24(31)17-8-10-19(28)11-9-17/h4-14,23,31H,3H2,1-2H3/b24-22+. The molecule has 1 aliphatic heterocycles. The molecular weight excluding hydrogens is 512 g/mol. The molecule has 3 aromatic carbocycles. The Morgan fingerprint density at radius 1 is 1.09 bits per heavy atom. The Kier molecular flexibility index (Phi) is 5.83. The molecule has 4 aromatic rings. The highest BCUT2D eigenvalue weighted by atomic mass is 79.9. The van der Waals surface area contributed by atoms with Gasteiger partial charge in [-0.15, -0.1) is 0 Å². The zero-order chi connectivity index (χ0) is 24.0. The molecule has 1 unspecified atom stereocenters. The van der Waals surface area contributed by atoms with Gasteiger partial charge in [-0.3, -0.25) is 14.5 Å². The number of hydrogen-bond acceptors (Lipinski definition) is 5. The van der Waals surface area contributed by atoms with Gasteiger partial charge < -0.3 is 5.11 Å². The van der Waals surface area contributed by atoms with Crippen LogP contribution in [0.3, 0.4) is 0 Å². The Morgan fingerprint density at radius 3 is 2.56 bits per heavy atom. The van der Waals surface area contributed by atoms with Crippen LogP contribution >= 0.6 is 27.3 Å². The van der Waals surface area contributed by atoms with Gasteiger partial charge in [-0.2, -0.15) is 0 Å². The first-order valence-corrected chi connectivity index (χ1v) is 12.5. The number of amides is 1. The molecule has 0 aliphatic carbocycles. The van der Waals surface area contributed by atoms with E-state index in [0.717, 1.165) is 32.2 Å². The minimum atomic E-state index is -0.783. The van der Waals surface area contributed by atoms with Gasteiger partial charge in [-0.25, -0.2) is 4.98 Å². The lowest BCUT2D eigenvalue weighted by Crippen LogP contribution is -2.29. The summed E-state index contributed by atoms with van der Waals surface area (Å²) in [7, 11) is 0. The molecule has 34 heavy (non-hydrogen) atoms. The maximum Gasteiger partial charge on any atom is 0.301 e. The number of benzene rings is 3. The summed E-state index contributed by atoms with van der Waals surface area (Å²) in [5, 5.41) is 11.7. The number of carbonyl (C=O) groups is 2. The zero-order valence-corrected chi connectivity index (χ0v) is 21.0. The van der Waals surface area contributed by atoms with Crippen molar-refractivity contribution < 1.29 is 14.7 Å². The molecule has 1 amide bonds. The van der Waals surface area contributed by atoms with Crippen molar-refractivity contribution in [2.75, 3.05) is 4.90 Å². The molecule has 1 aliphatic rings. The fourth-order valence-corrected chi connectivity index (χ4v) is 5.55. The van der Waals surface area contributed by atoms with Crippen LogP contribution in [-0.4, -0.2) is 21.8 Å². The first kappa shape index (κ1) is 22.5. The fraction of sp³-hybridized carbons (Fsp3) is 0.148. The van der Waals surface area contributed by atoms with E-state index in [1.54, 1.807) is 24.3 Å². The molecule has 1 atom stereocenters. The Morgan fingerprint density at radius 2 is 1.85 bits per heavy atom. The van der Waals surface area contributed by atoms with E-state index in [-0.39, 0.29) is 11.3 Å². The number of nitrogens with zero attached hydrogens (tertiary/aromatic N) is 2. The lowest BCUT2D eigenvalue weighted by molar-refractivity contribution is -0.132. The van der Waals surface area contributed by atoms with Crippen LogP contribution in [0.25, 0.3) is 16.0 Å². The van der Waals surface area contributed by atoms with Gasteiger partial charge in [0, 0.05) is 10.0 Å². The summed E-state index contributed by atoms with van der Waals surface area (Å²) >= 11 is 4.76. The van der Waals surface area contributed by atoms with Crippen LogP contribution in [0.15, 0.2) is 76.8 Å². The second kappa shape index (κ2) is 8.81. The summed E-state index contributed by atoms with van der Waals surface area (Å²) in [5.41, 5.74) is 4.21. The minimum absolute atomic E-state index is 0.0615. The van der Waals surface area contributed by atoms with Crippen LogP contribution in [-0.2, 0) is 16.0 Å². The summed E-state index contributed by atoms with van der Waals surface area (Å²) < 4.78 is 1.80. The average Bonchev–Trinajstić information content (AvgIpc) is 3.36. The van der Waals surface area contributed by atoms with E-state index in [1.165, 1.54) is 21.8 Å². The van der Waals surface area contributed by atoms with Crippen LogP contribution in [0.2, 0.25) is 0 Å². The third-order valence-electron chi connectivity index (χ3n) is 5.98. The van der Waals surface area contributed by atoms with E-state index in [4.69, 9.17) is 4.98 Å². The van der Waals surface area contributed by atoms with Crippen molar-refractivity contribution >= 4 is 60.1 Å². The van der Waals surface area contributed by atoms with E-state index in [1.807, 2.05) is 43.3 Å². The van der Waals surface area contributed by atoms with Crippen LogP contribution in [0, 0.1) is 6.92 Å². The molecule has 5 rings (SSSR count). The Labute approximate surface area is 209 Å². The van der Waals surface area contributed by atoms with Gasteiger partial charge in [0.2, 0.25) is 0 Å². The smallest absolute Gasteiger partial charge is 0.301 e. The molecule has 170 valence electrons. The molecule has 2 heterocycles. The Balaban J connectivity index is 1.72. The third-order valence-corrected chi connectivity index (χ3v) is 7.52. The minimum Gasteiger partial charge on any atom is -0.507 e. The number of hydrogen-bond donors (Lipinski definition) is 1. The number of aliphatic hydroxyl groups is 1. The Hall–Kier alpha value is -3.29. The van der Waals surface area contributed by atoms with E-state index in [9.17, 15) is 14.7 Å². The van der Waals surface area contributed by atoms with Gasteiger partial charge in [-0.1, -0.05) is 82.2 Å². The summed E-state index contributed by atoms with van der Waals surface area (Å²) in [5.74, 6) is -1.62. The van der Waals surface area contributed by atoms with Gasteiger partial charge >= 0.3 is 5.91 Å². The van der Waals surface area contributed by atoms with E-state index < -0.39 is 17.7 Å². The van der Waals surface area contributed by atoms with Crippen molar-refractivity contribution in [1.29, 1.82) is 0 Å². The van der Waals surface area contributed by atoms with Crippen LogP contribution in [0.4, 0.5) is 5.13 Å². The van der Waals surface area contributed by atoms with Crippen molar-refractivity contribution in [2.45, 2.75) is 26.3 Å². The van der Waals surface area contributed by atoms with Crippen LogP contribution in [0.5, 0.6) is 0 Å². The topological polar surface area (TPSA) is 70.5 Å².